The Bertz CT molecular complexity index is 949. The number of carbonyl (C=O) groups excluding carboxylic acids is 3. The van der Waals surface area contributed by atoms with Crippen LogP contribution in [0.5, 0.6) is 0 Å². The third kappa shape index (κ3) is 4.38. The summed E-state index contributed by atoms with van der Waals surface area (Å²) in [6.07, 6.45) is 2.50. The van der Waals surface area contributed by atoms with Gasteiger partial charge in [0, 0.05) is 20.0 Å². The van der Waals surface area contributed by atoms with Gasteiger partial charge >= 0.3 is 12.2 Å². The molecule has 0 aliphatic carbocycles. The van der Waals surface area contributed by atoms with E-state index in [1.165, 1.54) is 12.5 Å². The summed E-state index contributed by atoms with van der Waals surface area (Å²) < 4.78 is 10.9. The van der Waals surface area contributed by atoms with Crippen molar-refractivity contribution in [2.24, 2.45) is 0 Å². The van der Waals surface area contributed by atoms with Crippen LogP contribution in [0.15, 0.2) is 24.3 Å². The molecule has 2 atom stereocenters. The number of benzene rings is 1. The molecular formula is C23H29N3O5. The number of nitrogens with zero attached hydrogens (tertiary/aromatic N) is 2. The van der Waals surface area contributed by atoms with Gasteiger partial charge in [-0.05, 0) is 62.4 Å². The van der Waals surface area contributed by atoms with Crippen LogP contribution in [0.3, 0.4) is 0 Å². The predicted octanol–water partition coefficient (Wildman–Crippen LogP) is 3.10. The van der Waals surface area contributed by atoms with Crippen LogP contribution >= 0.6 is 0 Å². The maximum Gasteiger partial charge on any atom is 0.415 e. The van der Waals surface area contributed by atoms with E-state index < -0.39 is 5.60 Å². The van der Waals surface area contributed by atoms with Gasteiger partial charge in [0.05, 0.1) is 18.3 Å². The van der Waals surface area contributed by atoms with Crippen molar-refractivity contribution in [3.63, 3.8) is 0 Å². The molecule has 0 radical (unpaired) electrons. The molecule has 3 heterocycles. The second-order valence-corrected chi connectivity index (χ2v) is 9.25. The van der Waals surface area contributed by atoms with E-state index in [9.17, 15) is 14.4 Å². The smallest absolute Gasteiger partial charge is 0.415 e. The third-order valence-electron chi connectivity index (χ3n) is 5.76. The summed E-state index contributed by atoms with van der Waals surface area (Å²) >= 11 is 0. The lowest BCUT2D eigenvalue weighted by Crippen LogP contribution is -2.40. The largest absolute Gasteiger partial charge is 0.444 e. The SMILES string of the molecule is CC(=O)NC[C@@H]1OC(=O)N2c3ccc(C4=CCN(C(=O)OC(C)(C)C)CC4)cc3C[C@@H]12. The Hall–Kier alpha value is -3.03. The molecule has 1 aromatic carbocycles. The Morgan fingerprint density at radius 1 is 1.29 bits per heavy atom. The highest BCUT2D eigenvalue weighted by molar-refractivity contribution is 5.94. The Morgan fingerprint density at radius 3 is 2.71 bits per heavy atom. The molecule has 0 saturated carbocycles. The minimum atomic E-state index is -0.507. The standard InChI is InChI=1S/C23H29N3O5/c1-14(27)24-13-20-19-12-17-11-16(5-6-18(17)26(19)22(29)30-20)15-7-9-25(10-8-15)21(28)31-23(2,3)4/h5-7,11,19-20H,8-10,12-13H2,1-4H3,(H,24,27)/t19-,20-/m0/s1. The van der Waals surface area contributed by atoms with Crippen LogP contribution in [0.2, 0.25) is 0 Å². The zero-order valence-corrected chi connectivity index (χ0v) is 18.4. The maximum absolute atomic E-state index is 12.4. The predicted molar refractivity (Wildman–Crippen MR) is 116 cm³/mol. The van der Waals surface area contributed by atoms with Crippen LogP contribution in [0, 0.1) is 0 Å². The number of cyclic esters (lactones) is 1. The molecule has 0 spiro atoms. The molecule has 0 aromatic heterocycles. The second kappa shape index (κ2) is 7.90. The van der Waals surface area contributed by atoms with E-state index in [-0.39, 0.29) is 30.2 Å². The fourth-order valence-electron chi connectivity index (χ4n) is 4.32. The number of ether oxygens (including phenoxy) is 2. The summed E-state index contributed by atoms with van der Waals surface area (Å²) in [7, 11) is 0. The first kappa shape index (κ1) is 21.2. The van der Waals surface area contributed by atoms with Gasteiger partial charge in [-0.3, -0.25) is 9.69 Å². The van der Waals surface area contributed by atoms with Crippen LogP contribution in [-0.4, -0.2) is 60.4 Å². The quantitative estimate of drug-likeness (QED) is 0.801. The van der Waals surface area contributed by atoms with Crippen LogP contribution in [0.1, 0.15) is 45.2 Å². The maximum atomic E-state index is 12.4. The van der Waals surface area contributed by atoms with Crippen molar-refractivity contribution >= 4 is 29.4 Å². The van der Waals surface area contributed by atoms with Crippen molar-refractivity contribution < 1.29 is 23.9 Å². The fourth-order valence-corrected chi connectivity index (χ4v) is 4.32. The highest BCUT2D eigenvalue weighted by atomic mass is 16.6. The van der Waals surface area contributed by atoms with Crippen LogP contribution in [0.4, 0.5) is 15.3 Å². The monoisotopic (exact) mass is 427 g/mol. The summed E-state index contributed by atoms with van der Waals surface area (Å²) in [6, 6.07) is 6.01. The zero-order valence-electron chi connectivity index (χ0n) is 18.4. The summed E-state index contributed by atoms with van der Waals surface area (Å²) in [5.41, 5.74) is 3.76. The van der Waals surface area contributed by atoms with Gasteiger partial charge in [-0.25, -0.2) is 9.59 Å². The number of carbonyl (C=O) groups is 3. The van der Waals surface area contributed by atoms with Gasteiger partial charge in [0.25, 0.3) is 0 Å². The summed E-state index contributed by atoms with van der Waals surface area (Å²) in [5.74, 6) is -0.142. The van der Waals surface area contributed by atoms with E-state index in [4.69, 9.17) is 9.47 Å². The number of hydrogen-bond donors (Lipinski definition) is 1. The minimum absolute atomic E-state index is 0.104. The fraction of sp³-hybridized carbons (Fsp3) is 0.522. The first-order valence-electron chi connectivity index (χ1n) is 10.7. The van der Waals surface area contributed by atoms with E-state index >= 15 is 0 Å². The number of hydrogen-bond acceptors (Lipinski definition) is 5. The van der Waals surface area contributed by atoms with Gasteiger partial charge in [-0.2, -0.15) is 0 Å². The molecule has 3 amide bonds. The number of rotatable bonds is 3. The highest BCUT2D eigenvalue weighted by Crippen LogP contribution is 2.40. The Labute approximate surface area is 182 Å². The molecule has 0 bridgehead atoms. The molecule has 0 unspecified atom stereocenters. The van der Waals surface area contributed by atoms with E-state index in [1.807, 2.05) is 32.9 Å². The molecule has 4 rings (SSSR count). The van der Waals surface area contributed by atoms with Gasteiger partial charge in [0.1, 0.15) is 11.7 Å². The van der Waals surface area contributed by atoms with Gasteiger partial charge in [-0.15, -0.1) is 0 Å². The van der Waals surface area contributed by atoms with E-state index in [0.29, 0.717) is 26.1 Å². The first-order chi connectivity index (χ1) is 14.6. The molecule has 1 saturated heterocycles. The first-order valence-corrected chi connectivity index (χ1v) is 10.7. The minimum Gasteiger partial charge on any atom is -0.444 e. The van der Waals surface area contributed by atoms with Crippen molar-refractivity contribution in [2.75, 3.05) is 24.5 Å². The Balaban J connectivity index is 1.46. The molecule has 1 N–H and O–H groups in total. The Kier molecular flexibility index (Phi) is 5.41. The zero-order chi connectivity index (χ0) is 22.3. The van der Waals surface area contributed by atoms with Crippen molar-refractivity contribution in [3.8, 4) is 0 Å². The molecule has 8 heteroatoms. The van der Waals surface area contributed by atoms with E-state index in [2.05, 4.69) is 17.5 Å². The summed E-state index contributed by atoms with van der Waals surface area (Å²) in [5, 5.41) is 2.74. The van der Waals surface area contributed by atoms with Crippen LogP contribution in [0.25, 0.3) is 5.57 Å². The van der Waals surface area contributed by atoms with Gasteiger partial charge < -0.3 is 19.7 Å². The Morgan fingerprint density at radius 2 is 2.06 bits per heavy atom. The molecule has 166 valence electrons. The van der Waals surface area contributed by atoms with Crippen molar-refractivity contribution in [1.29, 1.82) is 0 Å². The third-order valence-corrected chi connectivity index (χ3v) is 5.76. The van der Waals surface area contributed by atoms with Crippen LogP contribution in [-0.2, 0) is 20.7 Å². The van der Waals surface area contributed by atoms with E-state index in [1.54, 1.807) is 9.80 Å². The average Bonchev–Trinajstić information content (AvgIpc) is 3.22. The average molecular weight is 428 g/mol. The van der Waals surface area contributed by atoms with Crippen molar-refractivity contribution in [1.82, 2.24) is 10.2 Å². The van der Waals surface area contributed by atoms with Gasteiger partial charge in [0.15, 0.2) is 0 Å². The lowest BCUT2D eigenvalue weighted by Gasteiger charge is -2.29. The van der Waals surface area contributed by atoms with Gasteiger partial charge in [0.2, 0.25) is 5.91 Å². The topological polar surface area (TPSA) is 88.2 Å². The normalized spacial score (nSPS) is 22.5. The van der Waals surface area contributed by atoms with Crippen molar-refractivity contribution in [3.05, 3.63) is 35.4 Å². The molecule has 31 heavy (non-hydrogen) atoms. The molecule has 3 aliphatic rings. The number of anilines is 1. The lowest BCUT2D eigenvalue weighted by molar-refractivity contribution is -0.119. The van der Waals surface area contributed by atoms with Crippen LogP contribution < -0.4 is 10.2 Å². The van der Waals surface area contributed by atoms with E-state index in [0.717, 1.165) is 23.2 Å². The molecule has 8 nitrogen and oxygen atoms in total. The highest BCUT2D eigenvalue weighted by Gasteiger charge is 2.47. The summed E-state index contributed by atoms with van der Waals surface area (Å²) in [6.45, 7) is 8.48. The van der Waals surface area contributed by atoms with Gasteiger partial charge in [-0.1, -0.05) is 12.1 Å². The number of nitrogens with one attached hydrogen (secondary N) is 1. The molecule has 1 aromatic rings. The lowest BCUT2D eigenvalue weighted by atomic mass is 9.96. The summed E-state index contributed by atoms with van der Waals surface area (Å²) in [4.78, 5) is 39.3. The number of fused-ring (bicyclic) bond motifs is 3. The van der Waals surface area contributed by atoms with Crippen molar-refractivity contribution in [2.45, 2.75) is 58.3 Å². The molecule has 3 aliphatic heterocycles. The second-order valence-electron chi connectivity index (χ2n) is 9.25. The molecular weight excluding hydrogens is 398 g/mol. The number of amides is 3. The molecule has 1 fully saturated rings.